The fourth-order valence-electron chi connectivity index (χ4n) is 4.91. The van der Waals surface area contributed by atoms with Crippen molar-refractivity contribution in [2.45, 2.75) is 89.7 Å². The molecule has 1 aliphatic rings. The summed E-state index contributed by atoms with van der Waals surface area (Å²) in [6.45, 7) is 2.85. The number of carbonyl (C=O) groups excluding carboxylic acids is 1. The standard InChI is InChI=1S/C28H39NO4S/c1-21(9-4-2-5-10-22-11-6-3-7-12-22)25(30)17-14-23-15-19-27(31)29(23)20-8-13-24-16-18-26(34-24)28(32)33/h3,6-7,11-12,16,18,21,23,25,30H,2,4-5,8-10,13-15,17,19-20H2,1H3,(H,32,33)/t21-,23?,25+/m0/s1. The van der Waals surface area contributed by atoms with E-state index in [1.54, 1.807) is 6.07 Å². The van der Waals surface area contributed by atoms with Gasteiger partial charge in [-0.05, 0) is 75.0 Å². The summed E-state index contributed by atoms with van der Waals surface area (Å²) in [7, 11) is 0. The van der Waals surface area contributed by atoms with Gasteiger partial charge in [0, 0.05) is 23.9 Å². The number of hydrogen-bond donors (Lipinski definition) is 2. The second kappa shape index (κ2) is 13.6. The minimum atomic E-state index is -0.883. The van der Waals surface area contributed by atoms with Crippen molar-refractivity contribution in [3.63, 3.8) is 0 Å². The quantitative estimate of drug-likeness (QED) is 0.306. The monoisotopic (exact) mass is 485 g/mol. The van der Waals surface area contributed by atoms with Crippen molar-refractivity contribution in [2.24, 2.45) is 5.92 Å². The van der Waals surface area contributed by atoms with Gasteiger partial charge < -0.3 is 15.1 Å². The van der Waals surface area contributed by atoms with Gasteiger partial charge in [0.1, 0.15) is 4.88 Å². The second-order valence-electron chi connectivity index (χ2n) is 9.66. The number of carbonyl (C=O) groups is 2. The van der Waals surface area contributed by atoms with Crippen LogP contribution in [-0.4, -0.2) is 45.7 Å². The molecule has 1 aromatic carbocycles. The van der Waals surface area contributed by atoms with Gasteiger partial charge in [0.15, 0.2) is 0 Å². The van der Waals surface area contributed by atoms with Crippen molar-refractivity contribution < 1.29 is 19.8 Å². The second-order valence-corrected chi connectivity index (χ2v) is 10.8. The molecule has 0 radical (unpaired) electrons. The Morgan fingerprint density at radius 3 is 2.59 bits per heavy atom. The molecule has 1 unspecified atom stereocenters. The van der Waals surface area contributed by atoms with Crippen molar-refractivity contribution in [1.29, 1.82) is 0 Å². The van der Waals surface area contributed by atoms with Crippen LogP contribution in [0.5, 0.6) is 0 Å². The lowest BCUT2D eigenvalue weighted by Crippen LogP contribution is -2.35. The van der Waals surface area contributed by atoms with E-state index in [1.165, 1.54) is 29.7 Å². The molecule has 2 heterocycles. The zero-order chi connectivity index (χ0) is 24.3. The summed E-state index contributed by atoms with van der Waals surface area (Å²) < 4.78 is 0. The van der Waals surface area contributed by atoms with E-state index in [2.05, 4.69) is 37.3 Å². The van der Waals surface area contributed by atoms with Gasteiger partial charge >= 0.3 is 5.97 Å². The number of carboxylic acids is 1. The van der Waals surface area contributed by atoms with E-state index in [1.807, 2.05) is 11.0 Å². The maximum absolute atomic E-state index is 12.4. The number of carboxylic acid groups (broad SMARTS) is 1. The van der Waals surface area contributed by atoms with Crippen LogP contribution in [0.25, 0.3) is 0 Å². The van der Waals surface area contributed by atoms with Gasteiger partial charge in [-0.25, -0.2) is 4.79 Å². The highest BCUT2D eigenvalue weighted by Gasteiger charge is 2.31. The summed E-state index contributed by atoms with van der Waals surface area (Å²) >= 11 is 1.31. The third-order valence-electron chi connectivity index (χ3n) is 7.07. The first-order valence-corrected chi connectivity index (χ1v) is 13.6. The zero-order valence-corrected chi connectivity index (χ0v) is 21.1. The molecule has 1 fully saturated rings. The number of benzene rings is 1. The summed E-state index contributed by atoms with van der Waals surface area (Å²) in [5, 5.41) is 19.7. The molecule has 0 bridgehead atoms. The number of likely N-dealkylation sites (tertiary alicyclic amines) is 1. The number of amides is 1. The summed E-state index contributed by atoms with van der Waals surface area (Å²) in [6.07, 6.45) is 10.1. The summed E-state index contributed by atoms with van der Waals surface area (Å²) in [4.78, 5) is 26.8. The molecule has 34 heavy (non-hydrogen) atoms. The van der Waals surface area contributed by atoms with Crippen LogP contribution in [0.3, 0.4) is 0 Å². The highest BCUT2D eigenvalue weighted by atomic mass is 32.1. The van der Waals surface area contributed by atoms with Crippen LogP contribution in [0.2, 0.25) is 0 Å². The van der Waals surface area contributed by atoms with E-state index < -0.39 is 5.97 Å². The molecule has 0 spiro atoms. The minimum absolute atomic E-state index is 0.211. The van der Waals surface area contributed by atoms with Crippen LogP contribution in [0, 0.1) is 5.92 Å². The van der Waals surface area contributed by atoms with E-state index in [0.717, 1.165) is 56.2 Å². The number of thiophene rings is 1. The summed E-state index contributed by atoms with van der Waals surface area (Å²) in [5.41, 5.74) is 1.40. The van der Waals surface area contributed by atoms with Gasteiger partial charge in [-0.15, -0.1) is 11.3 Å². The van der Waals surface area contributed by atoms with E-state index >= 15 is 0 Å². The van der Waals surface area contributed by atoms with Gasteiger partial charge in [-0.1, -0.05) is 50.1 Å². The lowest BCUT2D eigenvalue weighted by Gasteiger charge is -2.27. The topological polar surface area (TPSA) is 77.8 Å². The Morgan fingerprint density at radius 1 is 1.06 bits per heavy atom. The molecule has 186 valence electrons. The van der Waals surface area contributed by atoms with Crippen LogP contribution in [0.1, 0.15) is 84.8 Å². The van der Waals surface area contributed by atoms with Gasteiger partial charge in [-0.3, -0.25) is 4.79 Å². The third kappa shape index (κ3) is 8.24. The molecule has 2 aromatic rings. The molecule has 1 aromatic heterocycles. The van der Waals surface area contributed by atoms with Gasteiger partial charge in [0.25, 0.3) is 0 Å². The molecule has 3 rings (SSSR count). The van der Waals surface area contributed by atoms with Crippen LogP contribution in [0.4, 0.5) is 0 Å². The Bertz CT molecular complexity index is 897. The number of aromatic carboxylic acids is 1. The van der Waals surface area contributed by atoms with Crippen molar-refractivity contribution in [2.75, 3.05) is 6.54 Å². The Labute approximate surface area is 207 Å². The van der Waals surface area contributed by atoms with Crippen LogP contribution in [0.15, 0.2) is 42.5 Å². The van der Waals surface area contributed by atoms with Gasteiger partial charge in [0.05, 0.1) is 6.10 Å². The maximum Gasteiger partial charge on any atom is 0.345 e. The van der Waals surface area contributed by atoms with Gasteiger partial charge in [0.2, 0.25) is 5.91 Å². The van der Waals surface area contributed by atoms with E-state index in [0.29, 0.717) is 17.8 Å². The molecular weight excluding hydrogens is 446 g/mol. The first-order valence-electron chi connectivity index (χ1n) is 12.8. The molecule has 2 N–H and O–H groups in total. The third-order valence-corrected chi connectivity index (χ3v) is 8.20. The Hall–Kier alpha value is -2.18. The fraction of sp³-hybridized carbons (Fsp3) is 0.571. The van der Waals surface area contributed by atoms with Crippen molar-refractivity contribution in [3.8, 4) is 0 Å². The normalized spacial score (nSPS) is 17.8. The van der Waals surface area contributed by atoms with Crippen LogP contribution in [-0.2, 0) is 17.6 Å². The summed E-state index contributed by atoms with van der Waals surface area (Å²) in [6, 6.07) is 14.3. The number of aliphatic hydroxyl groups excluding tert-OH is 1. The average Bonchev–Trinajstić information content (AvgIpc) is 3.45. The smallest absolute Gasteiger partial charge is 0.345 e. The Morgan fingerprint density at radius 2 is 1.85 bits per heavy atom. The van der Waals surface area contributed by atoms with E-state index in [9.17, 15) is 14.7 Å². The molecule has 3 atom stereocenters. The highest BCUT2D eigenvalue weighted by molar-refractivity contribution is 7.13. The molecule has 6 heteroatoms. The van der Waals surface area contributed by atoms with E-state index in [-0.39, 0.29) is 24.0 Å². The van der Waals surface area contributed by atoms with Crippen molar-refractivity contribution in [1.82, 2.24) is 4.90 Å². The van der Waals surface area contributed by atoms with Crippen LogP contribution < -0.4 is 0 Å². The average molecular weight is 486 g/mol. The SMILES string of the molecule is C[C@@H](CCCCCc1ccccc1)[C@H](O)CCC1CCC(=O)N1CCCc1ccc(C(=O)O)s1. The number of rotatable bonds is 15. The molecule has 1 amide bonds. The first-order chi connectivity index (χ1) is 16.4. The van der Waals surface area contributed by atoms with Crippen molar-refractivity contribution in [3.05, 3.63) is 57.8 Å². The fourth-order valence-corrected chi connectivity index (χ4v) is 5.80. The lowest BCUT2D eigenvalue weighted by atomic mass is 9.92. The number of nitrogens with zero attached hydrogens (tertiary/aromatic N) is 1. The zero-order valence-electron chi connectivity index (χ0n) is 20.3. The first kappa shape index (κ1) is 26.4. The maximum atomic E-state index is 12.4. The number of aliphatic hydroxyl groups is 1. The van der Waals surface area contributed by atoms with E-state index in [4.69, 9.17) is 5.11 Å². The molecule has 1 saturated heterocycles. The predicted molar refractivity (Wildman–Crippen MR) is 137 cm³/mol. The molecular formula is C28H39NO4S. The summed E-state index contributed by atoms with van der Waals surface area (Å²) in [5.74, 6) is -0.390. The van der Waals surface area contributed by atoms with Crippen molar-refractivity contribution >= 4 is 23.2 Å². The number of hydrogen-bond acceptors (Lipinski definition) is 4. The lowest BCUT2D eigenvalue weighted by molar-refractivity contribution is -0.129. The Balaban J connectivity index is 1.32. The highest BCUT2D eigenvalue weighted by Crippen LogP contribution is 2.26. The molecule has 1 aliphatic heterocycles. The van der Waals surface area contributed by atoms with Gasteiger partial charge in [-0.2, -0.15) is 0 Å². The number of unbranched alkanes of at least 4 members (excludes halogenated alkanes) is 2. The largest absolute Gasteiger partial charge is 0.477 e. The van der Waals surface area contributed by atoms with Crippen LogP contribution >= 0.6 is 11.3 Å². The molecule has 0 aliphatic carbocycles. The molecule has 0 saturated carbocycles. The number of aryl methyl sites for hydroxylation is 2. The molecule has 5 nitrogen and oxygen atoms in total. The Kier molecular flexibility index (Phi) is 10.6. The minimum Gasteiger partial charge on any atom is -0.477 e. The predicted octanol–water partition coefficient (Wildman–Crippen LogP) is 5.95.